The normalized spacial score (nSPS) is 13.7. The fourth-order valence-corrected chi connectivity index (χ4v) is 4.73. The first-order chi connectivity index (χ1) is 20.9. The van der Waals surface area contributed by atoms with Gasteiger partial charge in [-0.2, -0.15) is 5.26 Å². The zero-order valence-corrected chi connectivity index (χ0v) is 24.1. The van der Waals surface area contributed by atoms with Gasteiger partial charge in [-0.3, -0.25) is 0 Å². The highest BCUT2D eigenvalue weighted by atomic mass is 35.5. The SMILES string of the molecule is COc1ccccc1OCC(=O)Oc1ccc2c(c1)OC(N)=C(C#N)C2c1ccc(OCc2ccc(Cl)cc2)c(OC)c1. The highest BCUT2D eigenvalue weighted by molar-refractivity contribution is 6.30. The van der Waals surface area contributed by atoms with E-state index in [0.29, 0.717) is 45.9 Å². The molecule has 1 aliphatic heterocycles. The first-order valence-electron chi connectivity index (χ1n) is 13.1. The van der Waals surface area contributed by atoms with Gasteiger partial charge in [0.05, 0.1) is 20.1 Å². The molecule has 1 aliphatic rings. The van der Waals surface area contributed by atoms with Gasteiger partial charge in [-0.05, 0) is 53.6 Å². The van der Waals surface area contributed by atoms with E-state index in [1.54, 1.807) is 73.8 Å². The van der Waals surface area contributed by atoms with Crippen molar-refractivity contribution in [1.29, 1.82) is 5.26 Å². The van der Waals surface area contributed by atoms with Crippen LogP contribution in [0.4, 0.5) is 0 Å². The van der Waals surface area contributed by atoms with E-state index in [4.69, 9.17) is 45.8 Å². The number of carbonyl (C=O) groups excluding carboxylic acids is 1. The van der Waals surface area contributed by atoms with Crippen molar-refractivity contribution in [3.8, 4) is 40.6 Å². The Balaban J connectivity index is 1.35. The molecule has 2 N–H and O–H groups in total. The van der Waals surface area contributed by atoms with Crippen LogP contribution in [0.1, 0.15) is 22.6 Å². The molecule has 9 nitrogen and oxygen atoms in total. The lowest BCUT2D eigenvalue weighted by Crippen LogP contribution is -2.22. The quantitative estimate of drug-likeness (QED) is 0.169. The van der Waals surface area contributed by atoms with E-state index in [9.17, 15) is 10.1 Å². The Morgan fingerprint density at radius 3 is 2.35 bits per heavy atom. The molecule has 0 saturated heterocycles. The molecule has 0 spiro atoms. The molecule has 0 amide bonds. The predicted octanol–water partition coefficient (Wildman–Crippen LogP) is 6.14. The van der Waals surface area contributed by atoms with Crippen molar-refractivity contribution < 1.29 is 33.2 Å². The third-order valence-corrected chi connectivity index (χ3v) is 6.92. The lowest BCUT2D eigenvalue weighted by Gasteiger charge is -2.27. The predicted molar refractivity (Wildman–Crippen MR) is 159 cm³/mol. The number of benzene rings is 4. The molecule has 1 atom stereocenters. The number of para-hydroxylation sites is 2. The summed E-state index contributed by atoms with van der Waals surface area (Å²) < 4.78 is 33.6. The number of fused-ring (bicyclic) bond motifs is 1. The lowest BCUT2D eigenvalue weighted by molar-refractivity contribution is -0.136. The molecule has 1 unspecified atom stereocenters. The first kappa shape index (κ1) is 29.2. The number of nitriles is 1. The summed E-state index contributed by atoms with van der Waals surface area (Å²) in [6, 6.07) is 26.8. The minimum absolute atomic E-state index is 0.0509. The van der Waals surface area contributed by atoms with E-state index < -0.39 is 11.9 Å². The maximum absolute atomic E-state index is 12.5. The molecule has 10 heteroatoms. The average Bonchev–Trinajstić information content (AvgIpc) is 3.02. The summed E-state index contributed by atoms with van der Waals surface area (Å²) >= 11 is 5.98. The van der Waals surface area contributed by atoms with E-state index >= 15 is 0 Å². The zero-order chi connectivity index (χ0) is 30.3. The monoisotopic (exact) mass is 598 g/mol. The highest BCUT2D eigenvalue weighted by Crippen LogP contribution is 2.45. The molecular formula is C33H27ClN2O7. The van der Waals surface area contributed by atoms with Gasteiger partial charge in [-0.15, -0.1) is 0 Å². The number of carbonyl (C=O) groups is 1. The van der Waals surface area contributed by atoms with Crippen molar-refractivity contribution in [1.82, 2.24) is 0 Å². The van der Waals surface area contributed by atoms with Crippen LogP contribution >= 0.6 is 11.6 Å². The van der Waals surface area contributed by atoms with Gasteiger partial charge in [0.2, 0.25) is 5.88 Å². The van der Waals surface area contributed by atoms with E-state index in [1.165, 1.54) is 7.11 Å². The Hall–Kier alpha value is -5.33. The largest absolute Gasteiger partial charge is 0.493 e. The van der Waals surface area contributed by atoms with Crippen LogP contribution in [0.5, 0.6) is 34.5 Å². The Morgan fingerprint density at radius 2 is 1.63 bits per heavy atom. The van der Waals surface area contributed by atoms with Gasteiger partial charge < -0.3 is 34.2 Å². The summed E-state index contributed by atoms with van der Waals surface area (Å²) in [4.78, 5) is 12.5. The van der Waals surface area contributed by atoms with Crippen LogP contribution in [0.15, 0.2) is 96.4 Å². The van der Waals surface area contributed by atoms with Gasteiger partial charge in [0.25, 0.3) is 0 Å². The second kappa shape index (κ2) is 13.1. The lowest BCUT2D eigenvalue weighted by atomic mass is 9.83. The number of nitrogens with zero attached hydrogens (tertiary/aromatic N) is 1. The van der Waals surface area contributed by atoms with Crippen molar-refractivity contribution in [2.45, 2.75) is 12.5 Å². The second-order valence-corrected chi connectivity index (χ2v) is 9.80. The number of ether oxygens (including phenoxy) is 6. The van der Waals surface area contributed by atoms with Crippen molar-refractivity contribution in [3.05, 3.63) is 118 Å². The van der Waals surface area contributed by atoms with Crippen LogP contribution in [-0.2, 0) is 11.4 Å². The first-order valence-corrected chi connectivity index (χ1v) is 13.5. The van der Waals surface area contributed by atoms with Gasteiger partial charge in [-0.25, -0.2) is 4.79 Å². The number of rotatable bonds is 10. The second-order valence-electron chi connectivity index (χ2n) is 9.36. The molecule has 5 rings (SSSR count). The third-order valence-electron chi connectivity index (χ3n) is 6.67. The number of halogens is 1. The standard InChI is InChI=1S/C33H27ClN2O7/c1-38-26-5-3-4-6-27(26)41-19-31(37)42-23-12-13-24-29(16-23)43-33(36)25(17-35)32(24)21-9-14-28(30(15-21)39-2)40-18-20-7-10-22(34)11-8-20/h3-16,32H,18-19,36H2,1-2H3. The van der Waals surface area contributed by atoms with Crippen LogP contribution in [-0.4, -0.2) is 26.8 Å². The summed E-state index contributed by atoms with van der Waals surface area (Å²) in [7, 11) is 3.06. The third kappa shape index (κ3) is 6.61. The number of hydrogen-bond acceptors (Lipinski definition) is 9. The van der Waals surface area contributed by atoms with Crippen molar-refractivity contribution in [2.75, 3.05) is 20.8 Å². The Bertz CT molecular complexity index is 1710. The van der Waals surface area contributed by atoms with Crippen molar-refractivity contribution in [2.24, 2.45) is 5.73 Å². The number of nitrogens with two attached hydrogens (primary N) is 1. The number of methoxy groups -OCH3 is 2. The van der Waals surface area contributed by atoms with Gasteiger partial charge in [0, 0.05) is 16.7 Å². The van der Waals surface area contributed by atoms with E-state index in [2.05, 4.69) is 6.07 Å². The fourth-order valence-electron chi connectivity index (χ4n) is 4.60. The molecule has 0 fully saturated rings. The van der Waals surface area contributed by atoms with Crippen LogP contribution in [0.3, 0.4) is 0 Å². The summed E-state index contributed by atoms with van der Waals surface area (Å²) in [6.07, 6.45) is 0. The average molecular weight is 599 g/mol. The van der Waals surface area contributed by atoms with Gasteiger partial charge in [0.15, 0.2) is 29.6 Å². The molecule has 4 aromatic carbocycles. The maximum atomic E-state index is 12.5. The maximum Gasteiger partial charge on any atom is 0.349 e. The molecule has 0 aromatic heterocycles. The fraction of sp³-hybridized carbons (Fsp3) is 0.152. The minimum Gasteiger partial charge on any atom is -0.493 e. The van der Waals surface area contributed by atoms with Crippen LogP contribution in [0, 0.1) is 11.3 Å². The topological polar surface area (TPSA) is 122 Å². The van der Waals surface area contributed by atoms with E-state index in [-0.39, 0.29) is 23.8 Å². The smallest absolute Gasteiger partial charge is 0.349 e. The molecule has 0 aliphatic carbocycles. The zero-order valence-electron chi connectivity index (χ0n) is 23.3. The molecule has 0 saturated carbocycles. The summed E-state index contributed by atoms with van der Waals surface area (Å²) in [5.41, 5.74) is 8.75. The van der Waals surface area contributed by atoms with Crippen molar-refractivity contribution in [3.63, 3.8) is 0 Å². The molecule has 1 heterocycles. The summed E-state index contributed by atoms with van der Waals surface area (Å²) in [5, 5.41) is 10.6. The van der Waals surface area contributed by atoms with Gasteiger partial charge >= 0.3 is 5.97 Å². The molecule has 0 bridgehead atoms. The Morgan fingerprint density at radius 1 is 0.907 bits per heavy atom. The van der Waals surface area contributed by atoms with E-state index in [0.717, 1.165) is 11.1 Å². The van der Waals surface area contributed by atoms with Crippen LogP contribution in [0.25, 0.3) is 0 Å². The molecular weight excluding hydrogens is 572 g/mol. The van der Waals surface area contributed by atoms with Crippen LogP contribution < -0.4 is 34.2 Å². The van der Waals surface area contributed by atoms with Gasteiger partial charge in [0.1, 0.15) is 29.7 Å². The highest BCUT2D eigenvalue weighted by Gasteiger charge is 2.32. The van der Waals surface area contributed by atoms with E-state index in [1.807, 2.05) is 18.2 Å². The van der Waals surface area contributed by atoms with Crippen molar-refractivity contribution >= 4 is 17.6 Å². The molecule has 218 valence electrons. The van der Waals surface area contributed by atoms with Crippen LogP contribution in [0.2, 0.25) is 5.02 Å². The number of esters is 1. The minimum atomic E-state index is -0.627. The molecule has 0 radical (unpaired) electrons. The Kier molecular flexibility index (Phi) is 8.89. The number of hydrogen-bond donors (Lipinski definition) is 1. The van der Waals surface area contributed by atoms with Gasteiger partial charge in [-0.1, -0.05) is 48.0 Å². The summed E-state index contributed by atoms with van der Waals surface area (Å²) in [5.74, 6) is 1.25. The number of allylic oxidation sites excluding steroid dienone is 1. The molecule has 4 aromatic rings. The molecule has 43 heavy (non-hydrogen) atoms. The summed E-state index contributed by atoms with van der Waals surface area (Å²) in [6.45, 7) is -0.0253. The Labute approximate surface area is 253 Å².